The second kappa shape index (κ2) is 4.18. The summed E-state index contributed by atoms with van der Waals surface area (Å²) in [4.78, 5) is 13.7. The second-order valence-corrected chi connectivity index (χ2v) is 6.63. The average Bonchev–Trinajstić information content (AvgIpc) is 2.72. The van der Waals surface area contributed by atoms with Crippen LogP contribution in [-0.4, -0.2) is 29.0 Å². The number of hydrogen-bond donors (Lipinski definition) is 0. The zero-order chi connectivity index (χ0) is 9.26. The van der Waals surface area contributed by atoms with Gasteiger partial charge in [-0.15, -0.1) is 23.1 Å². The highest BCUT2D eigenvalue weighted by Gasteiger charge is 2.20. The van der Waals surface area contributed by atoms with Crippen molar-refractivity contribution in [3.05, 3.63) is 19.9 Å². The highest BCUT2D eigenvalue weighted by atomic mass is 127. The molecule has 2 nitrogen and oxygen atoms in total. The summed E-state index contributed by atoms with van der Waals surface area (Å²) in [5, 5.41) is 1.94. The van der Waals surface area contributed by atoms with E-state index in [2.05, 4.69) is 22.6 Å². The van der Waals surface area contributed by atoms with Gasteiger partial charge >= 0.3 is 0 Å². The summed E-state index contributed by atoms with van der Waals surface area (Å²) in [6, 6.07) is 1.95. The maximum absolute atomic E-state index is 11.8. The monoisotopic (exact) mass is 325 g/mol. The number of thioether (sulfide) groups is 1. The second-order valence-electron chi connectivity index (χ2n) is 2.75. The third kappa shape index (κ3) is 2.19. The van der Waals surface area contributed by atoms with Gasteiger partial charge in [-0.2, -0.15) is 0 Å². The molecule has 1 fully saturated rings. The van der Waals surface area contributed by atoms with Gasteiger partial charge in [-0.1, -0.05) is 0 Å². The molecule has 0 aliphatic carbocycles. The van der Waals surface area contributed by atoms with Crippen molar-refractivity contribution in [2.24, 2.45) is 0 Å². The quantitative estimate of drug-likeness (QED) is 0.740. The molecule has 1 amide bonds. The normalized spacial score (nSPS) is 16.5. The van der Waals surface area contributed by atoms with E-state index in [4.69, 9.17) is 0 Å². The Balaban J connectivity index is 2.12. The minimum absolute atomic E-state index is 0.184. The molecule has 0 bridgehead atoms. The summed E-state index contributed by atoms with van der Waals surface area (Å²) in [5.74, 6) is 2.11. The number of halogens is 1. The molecule has 70 valence electrons. The van der Waals surface area contributed by atoms with E-state index in [-0.39, 0.29) is 5.91 Å². The largest absolute Gasteiger partial charge is 0.329 e. The predicted octanol–water partition coefficient (Wildman–Crippen LogP) is 2.50. The molecule has 2 heterocycles. The molecule has 1 aliphatic rings. The Morgan fingerprint density at radius 1 is 1.62 bits per heavy atom. The topological polar surface area (TPSA) is 20.3 Å². The van der Waals surface area contributed by atoms with Gasteiger partial charge in [0.15, 0.2) is 0 Å². The zero-order valence-electron chi connectivity index (χ0n) is 6.83. The van der Waals surface area contributed by atoms with Crippen molar-refractivity contribution < 1.29 is 4.79 Å². The highest BCUT2D eigenvalue weighted by Crippen LogP contribution is 2.21. The van der Waals surface area contributed by atoms with Gasteiger partial charge in [0, 0.05) is 17.7 Å². The van der Waals surface area contributed by atoms with Crippen molar-refractivity contribution >= 4 is 51.6 Å². The fraction of sp³-hybridized carbons (Fsp3) is 0.375. The first-order valence-corrected chi connectivity index (χ1v) is 7.00. The third-order valence-corrected chi connectivity index (χ3v) is 4.61. The fourth-order valence-electron chi connectivity index (χ4n) is 1.18. The fourth-order valence-corrected chi connectivity index (χ4v) is 3.44. The Bertz CT molecular complexity index is 320. The molecular weight excluding hydrogens is 317 g/mol. The Morgan fingerprint density at radius 3 is 3.00 bits per heavy atom. The summed E-state index contributed by atoms with van der Waals surface area (Å²) < 4.78 is 1.17. The molecule has 1 aromatic rings. The van der Waals surface area contributed by atoms with Crippen molar-refractivity contribution in [1.82, 2.24) is 4.90 Å². The van der Waals surface area contributed by atoms with E-state index in [0.29, 0.717) is 0 Å². The average molecular weight is 325 g/mol. The first-order valence-electron chi connectivity index (χ1n) is 3.88. The van der Waals surface area contributed by atoms with Crippen molar-refractivity contribution in [3.8, 4) is 0 Å². The lowest BCUT2D eigenvalue weighted by Crippen LogP contribution is -2.27. The molecule has 0 spiro atoms. The van der Waals surface area contributed by atoms with Gasteiger partial charge in [0.2, 0.25) is 0 Å². The van der Waals surface area contributed by atoms with E-state index in [9.17, 15) is 4.79 Å². The van der Waals surface area contributed by atoms with Crippen molar-refractivity contribution in [3.63, 3.8) is 0 Å². The van der Waals surface area contributed by atoms with Crippen molar-refractivity contribution in [1.29, 1.82) is 0 Å². The first kappa shape index (κ1) is 9.79. The Hall–Kier alpha value is 0.250. The lowest BCUT2D eigenvalue weighted by molar-refractivity contribution is 0.0803. The van der Waals surface area contributed by atoms with Gasteiger partial charge < -0.3 is 4.90 Å². The Kier molecular flexibility index (Phi) is 3.15. The van der Waals surface area contributed by atoms with Crippen LogP contribution >= 0.6 is 45.7 Å². The number of thiophene rings is 1. The summed E-state index contributed by atoms with van der Waals surface area (Å²) in [6.07, 6.45) is 0. The van der Waals surface area contributed by atoms with Crippen molar-refractivity contribution in [2.45, 2.75) is 0 Å². The first-order chi connectivity index (χ1) is 6.27. The van der Waals surface area contributed by atoms with Gasteiger partial charge in [-0.25, -0.2) is 0 Å². The molecular formula is C8H8INOS2. The SMILES string of the molecule is O=C(c1csc(I)c1)N1CCSC1. The molecule has 5 heteroatoms. The van der Waals surface area contributed by atoms with Crippen LogP contribution in [0.1, 0.15) is 10.4 Å². The number of nitrogens with zero attached hydrogens (tertiary/aromatic N) is 1. The maximum atomic E-state index is 11.8. The van der Waals surface area contributed by atoms with E-state index in [0.717, 1.165) is 23.7 Å². The van der Waals surface area contributed by atoms with Gasteiger partial charge in [0.05, 0.1) is 14.3 Å². The summed E-state index contributed by atoms with van der Waals surface area (Å²) >= 11 is 5.68. The smallest absolute Gasteiger partial charge is 0.255 e. The lowest BCUT2D eigenvalue weighted by atomic mass is 10.3. The number of rotatable bonds is 1. The minimum Gasteiger partial charge on any atom is -0.329 e. The summed E-state index contributed by atoms with van der Waals surface area (Å²) in [6.45, 7) is 0.899. The molecule has 0 N–H and O–H groups in total. The number of hydrogen-bond acceptors (Lipinski definition) is 3. The Morgan fingerprint density at radius 2 is 2.46 bits per heavy atom. The van der Waals surface area contributed by atoms with Gasteiger partial charge in [0.1, 0.15) is 0 Å². The lowest BCUT2D eigenvalue weighted by Gasteiger charge is -2.12. The van der Waals surface area contributed by atoms with Crippen LogP contribution in [0.2, 0.25) is 0 Å². The molecule has 0 aromatic carbocycles. The minimum atomic E-state index is 0.184. The molecule has 1 aromatic heterocycles. The van der Waals surface area contributed by atoms with E-state index < -0.39 is 0 Å². The molecule has 13 heavy (non-hydrogen) atoms. The molecule has 0 radical (unpaired) electrons. The van der Waals surface area contributed by atoms with Crippen LogP contribution in [0.15, 0.2) is 11.4 Å². The molecule has 2 rings (SSSR count). The van der Waals surface area contributed by atoms with Crippen molar-refractivity contribution in [2.75, 3.05) is 18.2 Å². The van der Waals surface area contributed by atoms with E-state index in [1.807, 2.05) is 28.1 Å². The molecule has 0 saturated carbocycles. The van der Waals surface area contributed by atoms with Crippen LogP contribution < -0.4 is 0 Å². The predicted molar refractivity (Wildman–Crippen MR) is 65.4 cm³/mol. The number of amides is 1. The van der Waals surface area contributed by atoms with Crippen LogP contribution in [0.25, 0.3) is 0 Å². The van der Waals surface area contributed by atoms with E-state index in [1.165, 1.54) is 2.88 Å². The zero-order valence-corrected chi connectivity index (χ0v) is 10.6. The molecule has 1 aliphatic heterocycles. The van der Waals surface area contributed by atoms with E-state index in [1.54, 1.807) is 11.3 Å². The molecule has 0 unspecified atom stereocenters. The van der Waals surface area contributed by atoms with Crippen LogP contribution in [0.3, 0.4) is 0 Å². The van der Waals surface area contributed by atoms with Gasteiger partial charge in [-0.3, -0.25) is 4.79 Å². The number of carbonyl (C=O) groups excluding carboxylic acids is 1. The maximum Gasteiger partial charge on any atom is 0.255 e. The Labute approximate surface area is 98.8 Å². The van der Waals surface area contributed by atoms with Crippen LogP contribution in [0.5, 0.6) is 0 Å². The van der Waals surface area contributed by atoms with Crippen LogP contribution in [0, 0.1) is 2.88 Å². The van der Waals surface area contributed by atoms with E-state index >= 15 is 0 Å². The highest BCUT2D eigenvalue weighted by molar-refractivity contribution is 14.1. The van der Waals surface area contributed by atoms with Gasteiger partial charge in [0.25, 0.3) is 5.91 Å². The summed E-state index contributed by atoms with van der Waals surface area (Å²) in [5.41, 5.74) is 0.844. The number of carbonyl (C=O) groups is 1. The standard InChI is InChI=1S/C8H8INOS2/c9-7-3-6(4-13-7)8(11)10-1-2-12-5-10/h3-4H,1-2,5H2. The third-order valence-electron chi connectivity index (χ3n) is 1.85. The molecule has 0 atom stereocenters. The van der Waals surface area contributed by atoms with Crippen LogP contribution in [-0.2, 0) is 0 Å². The summed E-state index contributed by atoms with van der Waals surface area (Å²) in [7, 11) is 0. The molecule has 1 saturated heterocycles. The van der Waals surface area contributed by atoms with Crippen LogP contribution in [0.4, 0.5) is 0 Å². The van der Waals surface area contributed by atoms with Gasteiger partial charge in [-0.05, 0) is 28.7 Å².